The minimum Gasteiger partial charge on any atom is -0.342 e. The summed E-state index contributed by atoms with van der Waals surface area (Å²) in [5.41, 5.74) is 7.68. The van der Waals surface area contributed by atoms with Crippen molar-refractivity contribution in [3.05, 3.63) is 103 Å². The number of aromatic nitrogens is 1. The van der Waals surface area contributed by atoms with Crippen molar-refractivity contribution < 1.29 is 0 Å². The first-order chi connectivity index (χ1) is 17.3. The topological polar surface area (TPSA) is 8.17 Å². The van der Waals surface area contributed by atoms with E-state index in [1.165, 1.54) is 39.2 Å². The zero-order chi connectivity index (χ0) is 26.1. The van der Waals surface area contributed by atoms with Crippen LogP contribution in [0.5, 0.6) is 0 Å². The number of hydrogen-bond donors (Lipinski definition) is 0. The van der Waals surface area contributed by atoms with Crippen LogP contribution in [0.3, 0.4) is 0 Å². The first-order valence-corrected chi connectivity index (χ1v) is 13.5. The van der Waals surface area contributed by atoms with Gasteiger partial charge in [0.15, 0.2) is 0 Å². The van der Waals surface area contributed by atoms with Gasteiger partial charge in [-0.25, -0.2) is 0 Å². The Kier molecular flexibility index (Phi) is 9.99. The number of hydrogen-bond acceptors (Lipinski definition) is 1. The minimum atomic E-state index is 0.661. The van der Waals surface area contributed by atoms with Crippen molar-refractivity contribution in [3.63, 3.8) is 0 Å². The van der Waals surface area contributed by atoms with Gasteiger partial charge in [0.1, 0.15) is 0 Å². The fourth-order valence-corrected chi connectivity index (χ4v) is 4.56. The van der Waals surface area contributed by atoms with Crippen molar-refractivity contribution in [2.24, 2.45) is 11.8 Å². The van der Waals surface area contributed by atoms with E-state index in [0.717, 1.165) is 31.7 Å². The van der Waals surface area contributed by atoms with Crippen LogP contribution in [0.15, 0.2) is 91.5 Å². The van der Waals surface area contributed by atoms with Crippen LogP contribution in [0.25, 0.3) is 16.6 Å². The second kappa shape index (κ2) is 13.2. The lowest BCUT2D eigenvalue weighted by Gasteiger charge is -2.23. The molecule has 0 atom stereocenters. The van der Waals surface area contributed by atoms with Gasteiger partial charge in [-0.1, -0.05) is 65.0 Å². The largest absolute Gasteiger partial charge is 0.342 e. The molecule has 0 aliphatic carbocycles. The Morgan fingerprint density at radius 3 is 2.06 bits per heavy atom. The summed E-state index contributed by atoms with van der Waals surface area (Å²) in [5.74, 6) is 1.49. The Hall–Kier alpha value is -3.26. The lowest BCUT2D eigenvalue weighted by atomic mass is 10.0. The predicted octanol–water partition coefficient (Wildman–Crippen LogP) is 9.77. The van der Waals surface area contributed by atoms with Gasteiger partial charge in [-0.2, -0.15) is 0 Å². The molecule has 1 aromatic heterocycles. The molecule has 1 heterocycles. The van der Waals surface area contributed by atoms with Crippen molar-refractivity contribution in [2.75, 3.05) is 11.4 Å². The summed E-state index contributed by atoms with van der Waals surface area (Å²) >= 11 is 0. The molecule has 0 aliphatic heterocycles. The van der Waals surface area contributed by atoms with Gasteiger partial charge in [0.25, 0.3) is 0 Å². The quantitative estimate of drug-likeness (QED) is 0.216. The first-order valence-electron chi connectivity index (χ1n) is 13.5. The highest BCUT2D eigenvalue weighted by molar-refractivity contribution is 5.84. The van der Waals surface area contributed by atoms with Gasteiger partial charge >= 0.3 is 0 Å². The van der Waals surface area contributed by atoms with Crippen molar-refractivity contribution in [2.45, 2.75) is 60.8 Å². The number of anilines is 2. The average Bonchev–Trinajstić information content (AvgIpc) is 3.21. The molecule has 2 nitrogen and oxygen atoms in total. The number of fused-ring (bicyclic) bond motifs is 1. The molecule has 0 saturated carbocycles. The van der Waals surface area contributed by atoms with Gasteiger partial charge in [-0.05, 0) is 98.2 Å². The molecule has 0 aliphatic rings. The molecule has 2 heteroatoms. The number of para-hydroxylation sites is 1. The third-order valence-corrected chi connectivity index (χ3v) is 5.99. The van der Waals surface area contributed by atoms with Gasteiger partial charge in [0, 0.05) is 34.7 Å². The molecule has 0 N–H and O–H groups in total. The van der Waals surface area contributed by atoms with E-state index in [2.05, 4.69) is 136 Å². The van der Waals surface area contributed by atoms with E-state index in [4.69, 9.17) is 0 Å². The number of aryl methyl sites for hydroxylation is 1. The molecule has 36 heavy (non-hydrogen) atoms. The van der Waals surface area contributed by atoms with E-state index >= 15 is 0 Å². The second-order valence-electron chi connectivity index (χ2n) is 10.6. The Bertz CT molecular complexity index is 1210. The smallest absolute Gasteiger partial charge is 0.0531 e. The van der Waals surface area contributed by atoms with Crippen LogP contribution in [-0.4, -0.2) is 11.1 Å². The van der Waals surface area contributed by atoms with Crippen molar-refractivity contribution in [1.29, 1.82) is 0 Å². The maximum Gasteiger partial charge on any atom is 0.0531 e. The lowest BCUT2D eigenvalue weighted by Crippen LogP contribution is -2.15. The molecule has 3 aromatic carbocycles. The van der Waals surface area contributed by atoms with Gasteiger partial charge in [0.05, 0.1) is 5.52 Å². The van der Waals surface area contributed by atoms with Gasteiger partial charge in [-0.15, -0.1) is 6.58 Å². The number of benzene rings is 3. The lowest BCUT2D eigenvalue weighted by molar-refractivity contribution is 0.648. The van der Waals surface area contributed by atoms with Crippen LogP contribution in [0.1, 0.15) is 59.2 Å². The summed E-state index contributed by atoms with van der Waals surface area (Å²) in [5, 5.41) is 1.32. The molecule has 0 spiro atoms. The van der Waals surface area contributed by atoms with E-state index < -0.39 is 0 Å². The fraction of sp³-hybridized carbons (Fsp3) is 0.353. The number of allylic oxidation sites excluding steroid dienone is 1. The van der Waals surface area contributed by atoms with Gasteiger partial charge < -0.3 is 9.47 Å². The van der Waals surface area contributed by atoms with Crippen molar-refractivity contribution in [3.8, 4) is 5.69 Å². The summed E-state index contributed by atoms with van der Waals surface area (Å²) in [6.45, 7) is 18.1. The molecule has 0 fully saturated rings. The SMILES string of the molecule is C=CCCc1cc2cc(CC(C)C)ccc2n1-c1ccc(N(CC)c2ccccc2)cc1.CC(C)C. The highest BCUT2D eigenvalue weighted by Crippen LogP contribution is 2.30. The zero-order valence-electron chi connectivity index (χ0n) is 23.2. The molecular formula is C34H44N2. The zero-order valence-corrected chi connectivity index (χ0v) is 23.2. The summed E-state index contributed by atoms with van der Waals surface area (Å²) < 4.78 is 2.42. The summed E-state index contributed by atoms with van der Waals surface area (Å²) in [6.07, 6.45) is 5.09. The van der Waals surface area contributed by atoms with E-state index in [1.807, 2.05) is 6.08 Å². The molecule has 0 radical (unpaired) electrons. The van der Waals surface area contributed by atoms with Gasteiger partial charge in [0.2, 0.25) is 0 Å². The standard InChI is InChI=1S/C30H34N2.C4H10/c1-5-7-11-29-22-25-21-24(20-23(3)4)14-19-30(25)32(29)28-17-15-27(16-18-28)31(6-2)26-12-9-8-10-13-26;1-4(2)3/h5,8-10,12-19,21-23H,1,6-7,11,20H2,2-4H3;4H,1-3H3. The van der Waals surface area contributed by atoms with Crippen molar-refractivity contribution >= 4 is 22.3 Å². The molecular weight excluding hydrogens is 436 g/mol. The van der Waals surface area contributed by atoms with Crippen LogP contribution < -0.4 is 4.90 Å². The van der Waals surface area contributed by atoms with Crippen LogP contribution in [0, 0.1) is 11.8 Å². The monoisotopic (exact) mass is 480 g/mol. The molecule has 4 aromatic rings. The van der Waals surface area contributed by atoms with E-state index in [-0.39, 0.29) is 0 Å². The second-order valence-corrected chi connectivity index (χ2v) is 10.6. The van der Waals surface area contributed by atoms with E-state index in [0.29, 0.717) is 5.92 Å². The van der Waals surface area contributed by atoms with E-state index in [1.54, 1.807) is 0 Å². The highest BCUT2D eigenvalue weighted by atomic mass is 15.1. The molecule has 0 saturated heterocycles. The predicted molar refractivity (Wildman–Crippen MR) is 160 cm³/mol. The highest BCUT2D eigenvalue weighted by Gasteiger charge is 2.13. The van der Waals surface area contributed by atoms with Crippen LogP contribution in [0.4, 0.5) is 11.4 Å². The molecule has 4 rings (SSSR count). The van der Waals surface area contributed by atoms with Crippen LogP contribution in [-0.2, 0) is 12.8 Å². The Balaban J connectivity index is 0.000000840. The molecule has 190 valence electrons. The fourth-order valence-electron chi connectivity index (χ4n) is 4.56. The Labute approximate surface area is 219 Å². The first kappa shape index (κ1) is 27.3. The molecule has 0 amide bonds. The molecule has 0 unspecified atom stereocenters. The van der Waals surface area contributed by atoms with Crippen LogP contribution in [0.2, 0.25) is 0 Å². The van der Waals surface area contributed by atoms with Gasteiger partial charge in [-0.3, -0.25) is 0 Å². The number of nitrogens with zero attached hydrogens (tertiary/aromatic N) is 2. The number of rotatable bonds is 9. The maximum atomic E-state index is 3.93. The third kappa shape index (κ3) is 7.13. The summed E-state index contributed by atoms with van der Waals surface area (Å²) in [7, 11) is 0. The average molecular weight is 481 g/mol. The third-order valence-electron chi connectivity index (χ3n) is 5.99. The van der Waals surface area contributed by atoms with Crippen molar-refractivity contribution in [1.82, 2.24) is 4.57 Å². The minimum absolute atomic E-state index is 0.661. The van der Waals surface area contributed by atoms with E-state index in [9.17, 15) is 0 Å². The normalized spacial score (nSPS) is 11.0. The maximum absolute atomic E-state index is 3.93. The molecule has 0 bridgehead atoms. The van der Waals surface area contributed by atoms with Crippen LogP contribution >= 0.6 is 0 Å². The Morgan fingerprint density at radius 2 is 1.47 bits per heavy atom. The summed E-state index contributed by atoms with van der Waals surface area (Å²) in [6, 6.07) is 28.9. The Morgan fingerprint density at radius 1 is 0.833 bits per heavy atom. The summed E-state index contributed by atoms with van der Waals surface area (Å²) in [4.78, 5) is 2.34.